The highest BCUT2D eigenvalue weighted by Gasteiger charge is 2.27. The Hall–Kier alpha value is -0.570. The van der Waals surface area contributed by atoms with Crippen LogP contribution in [-0.4, -0.2) is 36.0 Å². The van der Waals surface area contributed by atoms with E-state index in [9.17, 15) is 0 Å². The van der Waals surface area contributed by atoms with Crippen molar-refractivity contribution in [1.29, 1.82) is 0 Å². The molecule has 2 aliphatic rings. The van der Waals surface area contributed by atoms with Crippen molar-refractivity contribution < 1.29 is 0 Å². The third-order valence-electron chi connectivity index (χ3n) is 4.12. The second-order valence-electron chi connectivity index (χ2n) is 5.35. The highest BCUT2D eigenvalue weighted by atomic mass is 35.5. The lowest BCUT2D eigenvalue weighted by Crippen LogP contribution is -2.41. The summed E-state index contributed by atoms with van der Waals surface area (Å²) in [4.78, 5) is 5.05. The monoisotopic (exact) mass is 250 g/mol. The third kappa shape index (κ3) is 2.35. The number of halogens is 1. The standard InChI is InChI=1S/C14H19ClN2/c1-16-6-4-14(5-7-16)17-9-11-2-3-13(15)8-12(11)10-17/h2-3,8,14H,4-7,9-10H2,1H3. The molecular weight excluding hydrogens is 232 g/mol. The molecule has 1 saturated heterocycles. The van der Waals surface area contributed by atoms with Gasteiger partial charge in [0.1, 0.15) is 0 Å². The Morgan fingerprint density at radius 2 is 1.82 bits per heavy atom. The van der Waals surface area contributed by atoms with Crippen molar-refractivity contribution in [1.82, 2.24) is 9.80 Å². The van der Waals surface area contributed by atoms with E-state index in [4.69, 9.17) is 11.6 Å². The molecule has 0 saturated carbocycles. The van der Waals surface area contributed by atoms with Gasteiger partial charge in [0, 0.05) is 24.2 Å². The minimum Gasteiger partial charge on any atom is -0.306 e. The Balaban J connectivity index is 1.69. The number of benzene rings is 1. The third-order valence-corrected chi connectivity index (χ3v) is 4.35. The molecule has 0 N–H and O–H groups in total. The average molecular weight is 251 g/mol. The molecule has 0 unspecified atom stereocenters. The lowest BCUT2D eigenvalue weighted by atomic mass is 10.0. The maximum absolute atomic E-state index is 6.05. The zero-order valence-corrected chi connectivity index (χ0v) is 11.1. The van der Waals surface area contributed by atoms with Gasteiger partial charge in [-0.15, -0.1) is 0 Å². The number of rotatable bonds is 1. The zero-order valence-electron chi connectivity index (χ0n) is 10.3. The summed E-state index contributed by atoms with van der Waals surface area (Å²) in [5, 5.41) is 0.869. The van der Waals surface area contributed by atoms with Gasteiger partial charge in [-0.05, 0) is 56.2 Å². The molecule has 3 rings (SSSR count). The largest absolute Gasteiger partial charge is 0.306 e. The van der Waals surface area contributed by atoms with Gasteiger partial charge in [-0.25, -0.2) is 0 Å². The first-order valence-electron chi connectivity index (χ1n) is 6.42. The quantitative estimate of drug-likeness (QED) is 0.756. The Morgan fingerprint density at radius 3 is 2.59 bits per heavy atom. The van der Waals surface area contributed by atoms with Crippen LogP contribution < -0.4 is 0 Å². The lowest BCUT2D eigenvalue weighted by molar-refractivity contribution is 0.120. The van der Waals surface area contributed by atoms with Gasteiger partial charge in [-0.2, -0.15) is 0 Å². The van der Waals surface area contributed by atoms with Gasteiger partial charge >= 0.3 is 0 Å². The van der Waals surface area contributed by atoms with Gasteiger partial charge in [0.25, 0.3) is 0 Å². The van der Waals surface area contributed by atoms with Crippen LogP contribution >= 0.6 is 11.6 Å². The van der Waals surface area contributed by atoms with Gasteiger partial charge in [-0.3, -0.25) is 4.90 Å². The molecule has 2 nitrogen and oxygen atoms in total. The van der Waals surface area contributed by atoms with Gasteiger partial charge in [0.2, 0.25) is 0 Å². The van der Waals surface area contributed by atoms with E-state index >= 15 is 0 Å². The highest BCUT2D eigenvalue weighted by molar-refractivity contribution is 6.30. The fraction of sp³-hybridized carbons (Fsp3) is 0.571. The lowest BCUT2D eigenvalue weighted by Gasteiger charge is -2.34. The summed E-state index contributed by atoms with van der Waals surface area (Å²) in [5.74, 6) is 0. The van der Waals surface area contributed by atoms with Crippen molar-refractivity contribution in [3.8, 4) is 0 Å². The van der Waals surface area contributed by atoms with Crippen LogP contribution in [-0.2, 0) is 13.1 Å². The van der Waals surface area contributed by atoms with E-state index in [0.717, 1.165) is 24.2 Å². The van der Waals surface area contributed by atoms with E-state index < -0.39 is 0 Å². The molecule has 0 aromatic heterocycles. The maximum Gasteiger partial charge on any atom is 0.0409 e. The van der Waals surface area contributed by atoms with Crippen molar-refractivity contribution >= 4 is 11.6 Å². The van der Waals surface area contributed by atoms with Gasteiger partial charge in [0.15, 0.2) is 0 Å². The molecule has 3 heteroatoms. The van der Waals surface area contributed by atoms with Crippen LogP contribution in [0.2, 0.25) is 5.02 Å². The van der Waals surface area contributed by atoms with Crippen LogP contribution in [0.1, 0.15) is 24.0 Å². The first-order valence-corrected chi connectivity index (χ1v) is 6.80. The summed E-state index contributed by atoms with van der Waals surface area (Å²) in [7, 11) is 2.22. The van der Waals surface area contributed by atoms with E-state index in [-0.39, 0.29) is 0 Å². The van der Waals surface area contributed by atoms with Crippen molar-refractivity contribution in [2.24, 2.45) is 0 Å². The first-order chi connectivity index (χ1) is 8.22. The number of nitrogens with zero attached hydrogens (tertiary/aromatic N) is 2. The molecule has 1 aromatic rings. The van der Waals surface area contributed by atoms with Gasteiger partial charge < -0.3 is 4.90 Å². The molecule has 2 aliphatic heterocycles. The van der Waals surface area contributed by atoms with Crippen LogP contribution in [0.15, 0.2) is 18.2 Å². The molecule has 1 aromatic carbocycles. The topological polar surface area (TPSA) is 6.48 Å². The summed E-state index contributed by atoms with van der Waals surface area (Å²) in [5.41, 5.74) is 2.89. The van der Waals surface area contributed by atoms with Crippen LogP contribution in [0.3, 0.4) is 0 Å². The fourth-order valence-electron chi connectivity index (χ4n) is 3.01. The Kier molecular flexibility index (Phi) is 3.12. The molecule has 0 amide bonds. The van der Waals surface area contributed by atoms with E-state index in [1.807, 2.05) is 6.07 Å². The van der Waals surface area contributed by atoms with E-state index in [2.05, 4.69) is 29.0 Å². The molecule has 0 aliphatic carbocycles. The van der Waals surface area contributed by atoms with Crippen molar-refractivity contribution in [2.45, 2.75) is 32.0 Å². The molecule has 0 spiro atoms. The number of hydrogen-bond acceptors (Lipinski definition) is 2. The number of likely N-dealkylation sites (tertiary alicyclic amines) is 1. The maximum atomic E-state index is 6.05. The summed E-state index contributed by atoms with van der Waals surface area (Å²) in [6, 6.07) is 7.09. The average Bonchev–Trinajstić information content (AvgIpc) is 2.72. The predicted octanol–water partition coefficient (Wildman–Crippen LogP) is 2.75. The highest BCUT2D eigenvalue weighted by Crippen LogP contribution is 2.29. The number of piperidine rings is 1. The molecule has 0 bridgehead atoms. The minimum absolute atomic E-state index is 0.761. The minimum atomic E-state index is 0.761. The summed E-state index contributed by atoms with van der Waals surface area (Å²) >= 11 is 6.05. The van der Waals surface area contributed by atoms with Crippen LogP contribution in [0.5, 0.6) is 0 Å². The zero-order chi connectivity index (χ0) is 11.8. The van der Waals surface area contributed by atoms with E-state index in [1.165, 1.54) is 37.1 Å². The molecule has 2 heterocycles. The van der Waals surface area contributed by atoms with Crippen molar-refractivity contribution in [3.63, 3.8) is 0 Å². The Labute approximate surface area is 108 Å². The summed E-state index contributed by atoms with van der Waals surface area (Å²) in [6.45, 7) is 4.67. The SMILES string of the molecule is CN1CCC(N2Cc3ccc(Cl)cc3C2)CC1. The normalized spacial score (nSPS) is 22.9. The van der Waals surface area contributed by atoms with Crippen molar-refractivity contribution in [3.05, 3.63) is 34.3 Å². The van der Waals surface area contributed by atoms with Crippen molar-refractivity contribution in [2.75, 3.05) is 20.1 Å². The van der Waals surface area contributed by atoms with Crippen LogP contribution in [0, 0.1) is 0 Å². The Bertz CT molecular complexity index is 411. The molecule has 0 atom stereocenters. The molecule has 1 fully saturated rings. The second kappa shape index (κ2) is 4.60. The number of fused-ring (bicyclic) bond motifs is 1. The summed E-state index contributed by atoms with van der Waals surface area (Å²) in [6.07, 6.45) is 2.61. The van der Waals surface area contributed by atoms with Crippen LogP contribution in [0.25, 0.3) is 0 Å². The fourth-order valence-corrected chi connectivity index (χ4v) is 3.20. The van der Waals surface area contributed by atoms with Gasteiger partial charge in [0.05, 0.1) is 0 Å². The van der Waals surface area contributed by atoms with E-state index in [0.29, 0.717) is 0 Å². The molecule has 17 heavy (non-hydrogen) atoms. The summed E-state index contributed by atoms with van der Waals surface area (Å²) < 4.78 is 0. The molecule has 92 valence electrons. The molecular formula is C14H19ClN2. The van der Waals surface area contributed by atoms with E-state index in [1.54, 1.807) is 0 Å². The van der Waals surface area contributed by atoms with Gasteiger partial charge in [-0.1, -0.05) is 17.7 Å². The Morgan fingerprint density at radius 1 is 1.12 bits per heavy atom. The molecule has 0 radical (unpaired) electrons. The predicted molar refractivity (Wildman–Crippen MR) is 71.2 cm³/mol. The first kappa shape index (κ1) is 11.5. The van der Waals surface area contributed by atoms with Crippen LogP contribution in [0.4, 0.5) is 0 Å². The second-order valence-corrected chi connectivity index (χ2v) is 5.79. The smallest absolute Gasteiger partial charge is 0.0409 e. The number of hydrogen-bond donors (Lipinski definition) is 0.